The topological polar surface area (TPSA) is 95.6 Å². The van der Waals surface area contributed by atoms with Crippen molar-refractivity contribution in [2.45, 2.75) is 84.5 Å². The molecule has 27 heavy (non-hydrogen) atoms. The van der Waals surface area contributed by atoms with Gasteiger partial charge in [-0.2, -0.15) is 0 Å². The van der Waals surface area contributed by atoms with Crippen LogP contribution in [0.1, 0.15) is 76.7 Å². The van der Waals surface area contributed by atoms with Crippen LogP contribution in [-0.4, -0.2) is 34.6 Å². The van der Waals surface area contributed by atoms with Crippen molar-refractivity contribution >= 4 is 11.7 Å². The Morgan fingerprint density at radius 1 is 1.37 bits per heavy atom. The molecule has 1 aromatic rings. The van der Waals surface area contributed by atoms with Crippen molar-refractivity contribution in [1.29, 1.82) is 0 Å². The van der Waals surface area contributed by atoms with Crippen LogP contribution in [0.25, 0.3) is 0 Å². The summed E-state index contributed by atoms with van der Waals surface area (Å²) in [4.78, 5) is 8.54. The summed E-state index contributed by atoms with van der Waals surface area (Å²) < 4.78 is 0. The fourth-order valence-electron chi connectivity index (χ4n) is 3.86. The number of aliphatic hydroxyl groups excluding tert-OH is 1. The molecule has 1 aliphatic rings. The molecule has 0 amide bonds. The van der Waals surface area contributed by atoms with Crippen LogP contribution in [0.3, 0.4) is 0 Å². The molecule has 0 radical (unpaired) electrons. The highest BCUT2D eigenvalue weighted by Gasteiger charge is 2.22. The van der Waals surface area contributed by atoms with Crippen molar-refractivity contribution in [3.8, 4) is 0 Å². The number of nitrogens with one attached hydrogen (secondary N) is 2. The molecule has 3 unspecified atom stereocenters. The van der Waals surface area contributed by atoms with E-state index in [4.69, 9.17) is 5.73 Å². The van der Waals surface area contributed by atoms with Crippen LogP contribution in [0, 0.1) is 12.8 Å². The quantitative estimate of drug-likeness (QED) is 0.391. The lowest BCUT2D eigenvalue weighted by atomic mass is 9.92. The number of pyridine rings is 1. The minimum absolute atomic E-state index is 0.353. The van der Waals surface area contributed by atoms with Crippen molar-refractivity contribution in [1.82, 2.24) is 10.3 Å². The van der Waals surface area contributed by atoms with Crippen LogP contribution in [0.4, 0.5) is 5.82 Å². The minimum atomic E-state index is -0.998. The van der Waals surface area contributed by atoms with Gasteiger partial charge >= 0.3 is 0 Å². The first-order valence-corrected chi connectivity index (χ1v) is 10.3. The van der Waals surface area contributed by atoms with Gasteiger partial charge in [0.05, 0.1) is 5.84 Å². The number of aryl methyl sites for hydroxylation is 1. The number of hydrogen-bond acceptors (Lipinski definition) is 5. The number of aromatic nitrogens is 1. The van der Waals surface area contributed by atoms with Gasteiger partial charge in [-0.3, -0.25) is 0 Å². The second-order valence-electron chi connectivity index (χ2n) is 7.97. The number of nitrogens with two attached hydrogens (primary N) is 1. The Morgan fingerprint density at radius 2 is 2.07 bits per heavy atom. The van der Waals surface area contributed by atoms with Gasteiger partial charge in [-0.05, 0) is 50.7 Å². The molecule has 1 saturated carbocycles. The molecular weight excluding hydrogens is 338 g/mol. The van der Waals surface area contributed by atoms with Crippen LogP contribution in [-0.2, 0) is 0 Å². The molecular formula is C21H37N5O. The van der Waals surface area contributed by atoms with E-state index in [9.17, 15) is 5.11 Å². The lowest BCUT2D eigenvalue weighted by molar-refractivity contribution is 0.188. The predicted molar refractivity (Wildman–Crippen MR) is 113 cm³/mol. The van der Waals surface area contributed by atoms with Gasteiger partial charge in [-0.25, -0.2) is 9.98 Å². The van der Waals surface area contributed by atoms with Gasteiger partial charge in [-0.1, -0.05) is 33.1 Å². The summed E-state index contributed by atoms with van der Waals surface area (Å²) in [5.74, 6) is 1.48. The molecule has 1 aromatic heterocycles. The second-order valence-corrected chi connectivity index (χ2v) is 7.97. The van der Waals surface area contributed by atoms with Crippen molar-refractivity contribution in [2.75, 3.05) is 11.9 Å². The maximum Gasteiger partial charge on any atom is 0.176 e. The van der Waals surface area contributed by atoms with E-state index in [1.54, 1.807) is 13.1 Å². The SMILES string of the molecule is CCC(NC1CCCCC1)C(C)CNc1ncc(C)cc1C(O)N=C(C)N. The monoisotopic (exact) mass is 375 g/mol. The fourth-order valence-corrected chi connectivity index (χ4v) is 3.86. The molecule has 2 rings (SSSR count). The van der Waals surface area contributed by atoms with E-state index in [0.717, 1.165) is 18.5 Å². The van der Waals surface area contributed by atoms with Gasteiger partial charge in [0.15, 0.2) is 6.23 Å². The summed E-state index contributed by atoms with van der Waals surface area (Å²) in [7, 11) is 0. The van der Waals surface area contributed by atoms with Gasteiger partial charge in [0, 0.05) is 30.4 Å². The molecule has 6 nitrogen and oxygen atoms in total. The highest BCUT2D eigenvalue weighted by atomic mass is 16.3. The summed E-state index contributed by atoms with van der Waals surface area (Å²) in [6, 6.07) is 3.04. The van der Waals surface area contributed by atoms with Crippen molar-refractivity contribution in [3.05, 3.63) is 23.4 Å². The maximum absolute atomic E-state index is 10.4. The summed E-state index contributed by atoms with van der Waals surface area (Å²) in [6.45, 7) is 8.93. The van der Waals surface area contributed by atoms with Gasteiger partial charge in [-0.15, -0.1) is 0 Å². The van der Waals surface area contributed by atoms with E-state index < -0.39 is 6.23 Å². The van der Waals surface area contributed by atoms with Crippen LogP contribution in [0.2, 0.25) is 0 Å². The zero-order chi connectivity index (χ0) is 19.8. The zero-order valence-corrected chi connectivity index (χ0v) is 17.3. The smallest absolute Gasteiger partial charge is 0.176 e. The molecule has 0 aromatic carbocycles. The maximum atomic E-state index is 10.4. The molecule has 5 N–H and O–H groups in total. The van der Waals surface area contributed by atoms with Crippen molar-refractivity contribution < 1.29 is 5.11 Å². The lowest BCUT2D eigenvalue weighted by Crippen LogP contribution is -2.44. The summed E-state index contributed by atoms with van der Waals surface area (Å²) in [5, 5.41) is 17.7. The summed E-state index contributed by atoms with van der Waals surface area (Å²) in [6.07, 6.45) is 8.56. The number of aliphatic imine (C=N–C) groups is 1. The van der Waals surface area contributed by atoms with Crippen molar-refractivity contribution in [3.63, 3.8) is 0 Å². The van der Waals surface area contributed by atoms with Gasteiger partial charge < -0.3 is 21.5 Å². The molecule has 1 aliphatic carbocycles. The molecule has 6 heteroatoms. The Hall–Kier alpha value is -1.66. The third kappa shape index (κ3) is 6.78. The van der Waals surface area contributed by atoms with E-state index >= 15 is 0 Å². The first-order valence-electron chi connectivity index (χ1n) is 10.3. The number of nitrogens with zero attached hydrogens (tertiary/aromatic N) is 2. The molecule has 0 bridgehead atoms. The average molecular weight is 376 g/mol. The molecule has 1 fully saturated rings. The Morgan fingerprint density at radius 3 is 2.70 bits per heavy atom. The Balaban J connectivity index is 2.00. The number of anilines is 1. The van der Waals surface area contributed by atoms with Crippen LogP contribution >= 0.6 is 0 Å². The van der Waals surface area contributed by atoms with E-state index in [-0.39, 0.29) is 0 Å². The van der Waals surface area contributed by atoms with Crippen LogP contribution < -0.4 is 16.4 Å². The molecule has 0 saturated heterocycles. The molecule has 3 atom stereocenters. The Kier molecular flexibility index (Phi) is 8.51. The van der Waals surface area contributed by atoms with Crippen LogP contribution in [0.15, 0.2) is 17.3 Å². The van der Waals surface area contributed by atoms with Gasteiger partial charge in [0.25, 0.3) is 0 Å². The fraction of sp³-hybridized carbons (Fsp3) is 0.714. The molecule has 1 heterocycles. The lowest BCUT2D eigenvalue weighted by Gasteiger charge is -2.31. The first-order chi connectivity index (χ1) is 12.9. The van der Waals surface area contributed by atoms with Crippen LogP contribution in [0.5, 0.6) is 0 Å². The normalized spacial score (nSPS) is 19.5. The van der Waals surface area contributed by atoms with E-state index in [0.29, 0.717) is 35.2 Å². The average Bonchev–Trinajstić information content (AvgIpc) is 2.65. The second kappa shape index (κ2) is 10.6. The van der Waals surface area contributed by atoms with Gasteiger partial charge in [0.1, 0.15) is 5.82 Å². The first kappa shape index (κ1) is 21.6. The largest absolute Gasteiger partial charge is 0.388 e. The minimum Gasteiger partial charge on any atom is -0.388 e. The number of rotatable bonds is 9. The number of aliphatic hydroxyl groups is 1. The number of hydrogen-bond donors (Lipinski definition) is 4. The van der Waals surface area contributed by atoms with E-state index in [2.05, 4.69) is 34.5 Å². The highest BCUT2D eigenvalue weighted by molar-refractivity contribution is 5.77. The molecule has 152 valence electrons. The molecule has 0 aliphatic heterocycles. The highest BCUT2D eigenvalue weighted by Crippen LogP contribution is 2.24. The summed E-state index contributed by atoms with van der Waals surface area (Å²) in [5.41, 5.74) is 7.28. The third-order valence-electron chi connectivity index (χ3n) is 5.43. The van der Waals surface area contributed by atoms with E-state index in [1.165, 1.54) is 32.1 Å². The standard InChI is InChI=1S/C21H37N5O/c1-5-19(26-17-9-7-6-8-10-17)15(3)13-24-20-18(11-14(2)12-23-20)21(27)25-16(4)22/h11-12,15,17,19,21,26-27H,5-10,13H2,1-4H3,(H2,22,25)(H,23,24). The predicted octanol–water partition coefficient (Wildman–Crippen LogP) is 3.51. The Labute approximate surface area is 164 Å². The van der Waals surface area contributed by atoms with Crippen molar-refractivity contribution in [2.24, 2.45) is 16.6 Å². The Bertz CT molecular complexity index is 609. The summed E-state index contributed by atoms with van der Waals surface area (Å²) >= 11 is 0. The molecule has 0 spiro atoms. The van der Waals surface area contributed by atoms with Gasteiger partial charge in [0.2, 0.25) is 0 Å². The zero-order valence-electron chi connectivity index (χ0n) is 17.3. The van der Waals surface area contributed by atoms with E-state index in [1.807, 2.05) is 13.0 Å². The number of amidine groups is 1. The third-order valence-corrected chi connectivity index (χ3v) is 5.43.